The van der Waals surface area contributed by atoms with Gasteiger partial charge in [-0.05, 0) is 45.0 Å². The molecule has 1 aromatic carbocycles. The molecular weight excluding hydrogens is 294 g/mol. The molecule has 0 radical (unpaired) electrons. The second-order valence-electron chi connectivity index (χ2n) is 6.20. The predicted octanol–water partition coefficient (Wildman–Crippen LogP) is 1.42. The minimum atomic E-state index is -1.04. The Kier molecular flexibility index (Phi) is 5.60. The third-order valence-electron chi connectivity index (χ3n) is 4.26. The number of amides is 1. The predicted molar refractivity (Wildman–Crippen MR) is 89.9 cm³/mol. The maximum Gasteiger partial charge on any atom is 0.325 e. The van der Waals surface area contributed by atoms with Crippen LogP contribution in [0.2, 0.25) is 0 Å². The number of hydrogen-bond donors (Lipinski definition) is 2. The summed E-state index contributed by atoms with van der Waals surface area (Å²) in [5, 5.41) is 11.3. The summed E-state index contributed by atoms with van der Waals surface area (Å²) in [5.74, 6) is -1.41. The lowest BCUT2D eigenvalue weighted by molar-refractivity contribution is -0.138. The molecule has 1 aromatic rings. The van der Waals surface area contributed by atoms with Crippen LogP contribution in [-0.2, 0) is 4.79 Å². The minimum absolute atomic E-state index is 0.365. The van der Waals surface area contributed by atoms with Crippen LogP contribution in [0.3, 0.4) is 0 Å². The molecule has 1 aliphatic rings. The molecule has 1 saturated heterocycles. The van der Waals surface area contributed by atoms with Crippen molar-refractivity contribution in [3.05, 3.63) is 29.8 Å². The number of benzene rings is 1. The van der Waals surface area contributed by atoms with E-state index >= 15 is 0 Å². The van der Waals surface area contributed by atoms with Crippen LogP contribution in [0.25, 0.3) is 0 Å². The number of anilines is 1. The van der Waals surface area contributed by atoms with Crippen molar-refractivity contribution in [2.24, 2.45) is 0 Å². The molecule has 1 unspecified atom stereocenters. The van der Waals surface area contributed by atoms with Gasteiger partial charge in [0, 0.05) is 43.5 Å². The number of rotatable bonds is 5. The first-order valence-corrected chi connectivity index (χ1v) is 8.01. The van der Waals surface area contributed by atoms with Crippen molar-refractivity contribution in [2.75, 3.05) is 31.1 Å². The third kappa shape index (κ3) is 4.45. The molecule has 126 valence electrons. The van der Waals surface area contributed by atoms with E-state index in [-0.39, 0.29) is 5.91 Å². The number of aliphatic carboxylic acids is 1. The van der Waals surface area contributed by atoms with Gasteiger partial charge in [-0.3, -0.25) is 14.5 Å². The van der Waals surface area contributed by atoms with Gasteiger partial charge < -0.3 is 15.3 Å². The number of nitrogens with one attached hydrogen (secondary N) is 1. The first-order valence-electron chi connectivity index (χ1n) is 8.01. The van der Waals surface area contributed by atoms with Crippen LogP contribution in [0.5, 0.6) is 0 Å². The zero-order valence-electron chi connectivity index (χ0n) is 14.0. The molecule has 1 atom stereocenters. The standard InChI is InChI=1S/C17H25N3O3/c1-12(2)19-8-10-20(11-9-19)15-6-4-14(5-7-15)16(21)18-13(3)17(22)23/h4-7,12-13H,8-11H2,1-3H3,(H,18,21)(H,22,23). The molecule has 6 heteroatoms. The fraction of sp³-hybridized carbons (Fsp3) is 0.529. The Balaban J connectivity index is 1.95. The van der Waals surface area contributed by atoms with Gasteiger partial charge in [0.05, 0.1) is 0 Å². The molecule has 2 N–H and O–H groups in total. The number of hydrogen-bond acceptors (Lipinski definition) is 4. The van der Waals surface area contributed by atoms with Crippen LogP contribution < -0.4 is 10.2 Å². The van der Waals surface area contributed by atoms with Gasteiger partial charge in [-0.2, -0.15) is 0 Å². The van der Waals surface area contributed by atoms with Crippen LogP contribution >= 0.6 is 0 Å². The Morgan fingerprint density at radius 1 is 1.04 bits per heavy atom. The Labute approximate surface area is 137 Å². The van der Waals surface area contributed by atoms with Gasteiger partial charge in [0.1, 0.15) is 6.04 Å². The van der Waals surface area contributed by atoms with Crippen LogP contribution in [0.1, 0.15) is 31.1 Å². The molecule has 6 nitrogen and oxygen atoms in total. The Morgan fingerprint density at radius 2 is 1.61 bits per heavy atom. The van der Waals surface area contributed by atoms with E-state index < -0.39 is 12.0 Å². The molecule has 1 aliphatic heterocycles. The zero-order valence-corrected chi connectivity index (χ0v) is 14.0. The highest BCUT2D eigenvalue weighted by atomic mass is 16.4. The van der Waals surface area contributed by atoms with Crippen molar-refractivity contribution in [1.29, 1.82) is 0 Å². The van der Waals surface area contributed by atoms with Crippen molar-refractivity contribution in [1.82, 2.24) is 10.2 Å². The SMILES string of the molecule is CC(NC(=O)c1ccc(N2CCN(C(C)C)CC2)cc1)C(=O)O. The Bertz CT molecular complexity index is 549. The van der Waals surface area contributed by atoms with Crippen molar-refractivity contribution in [2.45, 2.75) is 32.9 Å². The molecule has 23 heavy (non-hydrogen) atoms. The van der Waals surface area contributed by atoms with Gasteiger partial charge >= 0.3 is 5.97 Å². The van der Waals surface area contributed by atoms with E-state index in [0.717, 1.165) is 31.9 Å². The van der Waals surface area contributed by atoms with Gasteiger partial charge in [0.2, 0.25) is 0 Å². The van der Waals surface area contributed by atoms with Crippen molar-refractivity contribution in [3.63, 3.8) is 0 Å². The summed E-state index contributed by atoms with van der Waals surface area (Å²) in [5.41, 5.74) is 1.57. The molecule has 0 spiro atoms. The lowest BCUT2D eigenvalue weighted by atomic mass is 10.1. The molecular formula is C17H25N3O3. The molecule has 0 aliphatic carbocycles. The van der Waals surface area contributed by atoms with Crippen LogP contribution in [-0.4, -0.2) is 60.1 Å². The minimum Gasteiger partial charge on any atom is -0.480 e. The summed E-state index contributed by atoms with van der Waals surface area (Å²) in [6, 6.07) is 7.00. The summed E-state index contributed by atoms with van der Waals surface area (Å²) in [7, 11) is 0. The lowest BCUT2D eigenvalue weighted by Gasteiger charge is -2.38. The van der Waals surface area contributed by atoms with Crippen molar-refractivity contribution >= 4 is 17.6 Å². The van der Waals surface area contributed by atoms with E-state index in [1.54, 1.807) is 12.1 Å². The number of piperazine rings is 1. The van der Waals surface area contributed by atoms with Gasteiger partial charge in [-0.1, -0.05) is 0 Å². The fourth-order valence-electron chi connectivity index (χ4n) is 2.66. The average Bonchev–Trinajstić information content (AvgIpc) is 2.55. The van der Waals surface area contributed by atoms with Crippen molar-refractivity contribution < 1.29 is 14.7 Å². The summed E-state index contributed by atoms with van der Waals surface area (Å²) in [6.45, 7) is 9.89. The fourth-order valence-corrected chi connectivity index (χ4v) is 2.66. The molecule has 1 heterocycles. The highest BCUT2D eigenvalue weighted by molar-refractivity contribution is 5.96. The summed E-state index contributed by atoms with van der Waals surface area (Å²) in [6.07, 6.45) is 0. The number of carbonyl (C=O) groups excluding carboxylic acids is 1. The largest absolute Gasteiger partial charge is 0.480 e. The average molecular weight is 319 g/mol. The second kappa shape index (κ2) is 7.46. The summed E-state index contributed by atoms with van der Waals surface area (Å²) in [4.78, 5) is 27.5. The molecule has 2 rings (SSSR count). The van der Waals surface area contributed by atoms with Gasteiger partial charge in [-0.25, -0.2) is 0 Å². The van der Waals surface area contributed by atoms with Crippen LogP contribution in [0.4, 0.5) is 5.69 Å². The molecule has 0 saturated carbocycles. The normalized spacial score (nSPS) is 17.1. The highest BCUT2D eigenvalue weighted by Gasteiger charge is 2.19. The number of carbonyl (C=O) groups is 2. The Hall–Kier alpha value is -2.08. The van der Waals surface area contributed by atoms with Crippen molar-refractivity contribution in [3.8, 4) is 0 Å². The van der Waals surface area contributed by atoms with E-state index in [9.17, 15) is 9.59 Å². The second-order valence-corrected chi connectivity index (χ2v) is 6.20. The maximum atomic E-state index is 12.0. The maximum absolute atomic E-state index is 12.0. The van der Waals surface area contributed by atoms with Gasteiger partial charge in [0.15, 0.2) is 0 Å². The first kappa shape index (κ1) is 17.3. The van der Waals surface area contributed by atoms with Gasteiger partial charge in [0.25, 0.3) is 5.91 Å². The Morgan fingerprint density at radius 3 is 2.09 bits per heavy atom. The van der Waals surface area contributed by atoms with E-state index in [2.05, 4.69) is 29.0 Å². The zero-order chi connectivity index (χ0) is 17.0. The van der Waals surface area contributed by atoms with E-state index in [1.807, 2.05) is 12.1 Å². The number of nitrogens with zero attached hydrogens (tertiary/aromatic N) is 2. The molecule has 1 amide bonds. The third-order valence-corrected chi connectivity index (χ3v) is 4.26. The van der Waals surface area contributed by atoms with Gasteiger partial charge in [-0.15, -0.1) is 0 Å². The van der Waals surface area contributed by atoms with E-state index in [4.69, 9.17) is 5.11 Å². The first-order chi connectivity index (χ1) is 10.9. The van der Waals surface area contributed by atoms with E-state index in [1.165, 1.54) is 6.92 Å². The molecule has 1 fully saturated rings. The smallest absolute Gasteiger partial charge is 0.325 e. The highest BCUT2D eigenvalue weighted by Crippen LogP contribution is 2.18. The summed E-state index contributed by atoms with van der Waals surface area (Å²) >= 11 is 0. The molecule has 0 aromatic heterocycles. The van der Waals surface area contributed by atoms with Crippen LogP contribution in [0, 0.1) is 0 Å². The quantitative estimate of drug-likeness (QED) is 0.859. The summed E-state index contributed by atoms with van der Waals surface area (Å²) < 4.78 is 0. The number of carboxylic acid groups (broad SMARTS) is 1. The molecule has 0 bridgehead atoms. The number of carboxylic acids is 1. The monoisotopic (exact) mass is 319 g/mol. The van der Waals surface area contributed by atoms with Crippen LogP contribution in [0.15, 0.2) is 24.3 Å². The lowest BCUT2D eigenvalue weighted by Crippen LogP contribution is -2.48. The van der Waals surface area contributed by atoms with E-state index in [0.29, 0.717) is 11.6 Å². The topological polar surface area (TPSA) is 72.9 Å².